The van der Waals surface area contributed by atoms with Gasteiger partial charge in [-0.2, -0.15) is 0 Å². The molecule has 2 N–H and O–H groups in total. The highest BCUT2D eigenvalue weighted by Gasteiger charge is 2.37. The highest BCUT2D eigenvalue weighted by atomic mass is 16.5. The van der Waals surface area contributed by atoms with Gasteiger partial charge in [-0.1, -0.05) is 119 Å². The molecule has 2 amide bonds. The number of fused-ring (bicyclic) bond motifs is 1. The molecule has 4 aromatic carbocycles. The summed E-state index contributed by atoms with van der Waals surface area (Å²) in [7, 11) is 0. The number of nitrogens with one attached hydrogen (secondary N) is 1. The van der Waals surface area contributed by atoms with Gasteiger partial charge in [0, 0.05) is 32.2 Å². The van der Waals surface area contributed by atoms with Crippen molar-refractivity contribution in [2.75, 3.05) is 6.61 Å². The van der Waals surface area contributed by atoms with Crippen LogP contribution in [0.1, 0.15) is 80.7 Å². The number of aliphatic carboxylic acids is 1. The number of carboxylic acid groups (broad SMARTS) is 1. The van der Waals surface area contributed by atoms with Gasteiger partial charge in [0.15, 0.2) is 0 Å². The average Bonchev–Trinajstić information content (AvgIpc) is 3.64. The molecule has 1 heterocycles. The lowest BCUT2D eigenvalue weighted by atomic mass is 9.86. The Labute approximate surface area is 302 Å². The fourth-order valence-electron chi connectivity index (χ4n) is 7.35. The summed E-state index contributed by atoms with van der Waals surface area (Å²) in [6.45, 7) is 7.43. The molecule has 4 aromatic rings. The Kier molecular flexibility index (Phi) is 11.2. The zero-order valence-electron chi connectivity index (χ0n) is 30.1. The van der Waals surface area contributed by atoms with E-state index in [-0.39, 0.29) is 24.3 Å². The Hall–Kier alpha value is -4.91. The van der Waals surface area contributed by atoms with E-state index in [1.54, 1.807) is 4.90 Å². The van der Waals surface area contributed by atoms with Crippen LogP contribution in [0.5, 0.6) is 5.75 Å². The molecular weight excluding hydrogens is 636 g/mol. The number of nitrogens with zero attached hydrogens (tertiary/aromatic N) is 1. The quantitative estimate of drug-likeness (QED) is 0.158. The number of rotatable bonds is 12. The van der Waals surface area contributed by atoms with Gasteiger partial charge >= 0.3 is 5.97 Å². The van der Waals surface area contributed by atoms with Gasteiger partial charge in [0.2, 0.25) is 11.8 Å². The van der Waals surface area contributed by atoms with E-state index in [0.717, 1.165) is 65.7 Å². The minimum atomic E-state index is -1.13. The smallest absolute Gasteiger partial charge is 0.326 e. The molecule has 1 saturated carbocycles. The van der Waals surface area contributed by atoms with Crippen LogP contribution in [-0.4, -0.2) is 46.5 Å². The third-order valence-electron chi connectivity index (χ3n) is 10.5. The molecule has 51 heavy (non-hydrogen) atoms. The van der Waals surface area contributed by atoms with Crippen LogP contribution in [0.2, 0.25) is 0 Å². The van der Waals surface area contributed by atoms with Crippen molar-refractivity contribution < 1.29 is 24.2 Å². The van der Waals surface area contributed by atoms with E-state index < -0.39 is 24.0 Å². The Morgan fingerprint density at radius 2 is 1.51 bits per heavy atom. The molecule has 0 radical (unpaired) electrons. The Morgan fingerprint density at radius 3 is 2.18 bits per heavy atom. The number of amides is 2. The maximum Gasteiger partial charge on any atom is 0.326 e. The summed E-state index contributed by atoms with van der Waals surface area (Å²) in [5, 5.41) is 12.9. The number of hydrogen-bond donors (Lipinski definition) is 2. The monoisotopic (exact) mass is 686 g/mol. The molecule has 0 spiro atoms. The normalized spacial score (nSPS) is 16.7. The first-order valence-corrected chi connectivity index (χ1v) is 18.3. The maximum atomic E-state index is 13.9. The standard InChI is InChI=1S/C44H50N2O5/c1-44(2,3)37-20-15-30(16-21-37)23-24-51-38-22-19-35-28-40(46(29-36(35)27-38)41(47)26-31-9-7-8-10-31)42(48)45-39(43(49)50)25-32-13-17-34(18-14-32)33-11-5-4-6-12-33/h4-6,11-22,27,31,39-40H,7-10,23-26,28-29H2,1-3H3,(H,45,48)(H,49,50)/t39-,40-/m0/s1. The highest BCUT2D eigenvalue weighted by Crippen LogP contribution is 2.32. The van der Waals surface area contributed by atoms with Crippen molar-refractivity contribution in [2.24, 2.45) is 5.92 Å². The van der Waals surface area contributed by atoms with E-state index in [2.05, 4.69) is 50.4 Å². The summed E-state index contributed by atoms with van der Waals surface area (Å²) in [4.78, 5) is 41.9. The summed E-state index contributed by atoms with van der Waals surface area (Å²) in [5.41, 5.74) is 7.46. The Morgan fingerprint density at radius 1 is 0.843 bits per heavy atom. The molecule has 7 heteroatoms. The third kappa shape index (κ3) is 9.26. The first-order valence-electron chi connectivity index (χ1n) is 18.3. The summed E-state index contributed by atoms with van der Waals surface area (Å²) in [5.74, 6) is -0.550. The van der Waals surface area contributed by atoms with Crippen LogP contribution < -0.4 is 10.1 Å². The second-order valence-electron chi connectivity index (χ2n) is 15.2. The van der Waals surface area contributed by atoms with Gasteiger partial charge in [-0.25, -0.2) is 4.79 Å². The number of hydrogen-bond acceptors (Lipinski definition) is 4. The minimum absolute atomic E-state index is 0.0545. The molecule has 2 aliphatic rings. The number of carbonyl (C=O) groups excluding carboxylic acids is 2. The van der Waals surface area contributed by atoms with Crippen LogP contribution in [0.15, 0.2) is 97.1 Å². The number of ether oxygens (including phenoxy) is 1. The molecule has 266 valence electrons. The SMILES string of the molecule is CC(C)(C)c1ccc(CCOc2ccc3c(c2)CN(C(=O)CC2CCCC2)[C@H](C(=O)N[C@@H](Cc2ccc(-c4ccccc4)cc2)C(=O)O)C3)cc1. The van der Waals surface area contributed by atoms with Crippen LogP contribution in [-0.2, 0) is 45.6 Å². The number of carboxylic acids is 1. The predicted molar refractivity (Wildman–Crippen MR) is 201 cm³/mol. The fourth-order valence-corrected chi connectivity index (χ4v) is 7.35. The molecule has 0 unspecified atom stereocenters. The lowest BCUT2D eigenvalue weighted by Crippen LogP contribution is -2.56. The number of carbonyl (C=O) groups is 3. The van der Waals surface area contributed by atoms with Crippen molar-refractivity contribution in [1.82, 2.24) is 10.2 Å². The molecule has 2 atom stereocenters. The zero-order valence-corrected chi connectivity index (χ0v) is 30.1. The van der Waals surface area contributed by atoms with Gasteiger partial charge in [0.1, 0.15) is 17.8 Å². The zero-order chi connectivity index (χ0) is 36.0. The second-order valence-corrected chi connectivity index (χ2v) is 15.2. The molecule has 0 saturated heterocycles. The highest BCUT2D eigenvalue weighted by molar-refractivity contribution is 5.91. The van der Waals surface area contributed by atoms with Crippen LogP contribution >= 0.6 is 0 Å². The lowest BCUT2D eigenvalue weighted by molar-refractivity contribution is -0.145. The van der Waals surface area contributed by atoms with Gasteiger partial charge in [0.05, 0.1) is 6.61 Å². The van der Waals surface area contributed by atoms with E-state index in [1.807, 2.05) is 72.8 Å². The average molecular weight is 687 g/mol. The van der Waals surface area contributed by atoms with E-state index in [0.29, 0.717) is 25.4 Å². The fraction of sp³-hybridized carbons (Fsp3) is 0.386. The summed E-state index contributed by atoms with van der Waals surface area (Å²) >= 11 is 0. The Balaban J connectivity index is 1.14. The second kappa shape index (κ2) is 16.0. The third-order valence-corrected chi connectivity index (χ3v) is 10.5. The van der Waals surface area contributed by atoms with E-state index in [1.165, 1.54) is 11.1 Å². The van der Waals surface area contributed by atoms with Crippen molar-refractivity contribution in [3.05, 3.63) is 125 Å². The largest absolute Gasteiger partial charge is 0.493 e. The molecular formula is C44H50N2O5. The summed E-state index contributed by atoms with van der Waals surface area (Å²) in [6, 6.07) is 30.4. The van der Waals surface area contributed by atoms with Crippen LogP contribution in [0, 0.1) is 5.92 Å². The van der Waals surface area contributed by atoms with E-state index in [9.17, 15) is 19.5 Å². The van der Waals surface area contributed by atoms with Gasteiger partial charge in [-0.15, -0.1) is 0 Å². The van der Waals surface area contributed by atoms with Crippen molar-refractivity contribution in [1.29, 1.82) is 0 Å². The molecule has 0 aromatic heterocycles. The molecule has 1 aliphatic carbocycles. The topological polar surface area (TPSA) is 95.9 Å². The van der Waals surface area contributed by atoms with Crippen molar-refractivity contribution in [3.63, 3.8) is 0 Å². The first kappa shape index (κ1) is 35.9. The van der Waals surface area contributed by atoms with Crippen molar-refractivity contribution in [2.45, 2.75) is 96.2 Å². The van der Waals surface area contributed by atoms with Gasteiger partial charge in [-0.05, 0) is 75.3 Å². The molecule has 0 bridgehead atoms. The van der Waals surface area contributed by atoms with Crippen molar-refractivity contribution in [3.8, 4) is 16.9 Å². The number of benzene rings is 4. The summed E-state index contributed by atoms with van der Waals surface area (Å²) in [6.07, 6.45) is 5.92. The van der Waals surface area contributed by atoms with Crippen LogP contribution in [0.4, 0.5) is 0 Å². The van der Waals surface area contributed by atoms with Crippen LogP contribution in [0.3, 0.4) is 0 Å². The minimum Gasteiger partial charge on any atom is -0.493 e. The van der Waals surface area contributed by atoms with Crippen LogP contribution in [0.25, 0.3) is 11.1 Å². The first-order chi connectivity index (χ1) is 24.5. The lowest BCUT2D eigenvalue weighted by Gasteiger charge is -2.37. The molecule has 7 nitrogen and oxygen atoms in total. The Bertz CT molecular complexity index is 1810. The molecule has 1 aliphatic heterocycles. The van der Waals surface area contributed by atoms with Crippen molar-refractivity contribution >= 4 is 17.8 Å². The summed E-state index contributed by atoms with van der Waals surface area (Å²) < 4.78 is 6.17. The molecule has 1 fully saturated rings. The molecule has 6 rings (SSSR count). The van der Waals surface area contributed by atoms with Gasteiger partial charge in [0.25, 0.3) is 0 Å². The predicted octanol–water partition coefficient (Wildman–Crippen LogP) is 7.92. The maximum absolute atomic E-state index is 13.9. The van der Waals surface area contributed by atoms with E-state index >= 15 is 0 Å². The van der Waals surface area contributed by atoms with Gasteiger partial charge in [-0.3, -0.25) is 9.59 Å². The van der Waals surface area contributed by atoms with Gasteiger partial charge < -0.3 is 20.1 Å². The van der Waals surface area contributed by atoms with E-state index in [4.69, 9.17) is 4.74 Å².